The SMILES string of the molecule is C=CC(=O)N1CCCC(C(=O)OC(C)(C)C)C1. The molecule has 1 aliphatic rings. The lowest BCUT2D eigenvalue weighted by molar-refractivity contribution is -0.162. The molecule has 1 amide bonds. The molecule has 0 aromatic carbocycles. The monoisotopic (exact) mass is 239 g/mol. The highest BCUT2D eigenvalue weighted by atomic mass is 16.6. The van der Waals surface area contributed by atoms with Crippen molar-refractivity contribution in [2.24, 2.45) is 5.92 Å². The van der Waals surface area contributed by atoms with Crippen molar-refractivity contribution >= 4 is 11.9 Å². The van der Waals surface area contributed by atoms with E-state index >= 15 is 0 Å². The van der Waals surface area contributed by atoms with Crippen LogP contribution in [0, 0.1) is 5.92 Å². The van der Waals surface area contributed by atoms with E-state index in [1.54, 1.807) is 4.90 Å². The molecule has 0 bridgehead atoms. The zero-order valence-electron chi connectivity index (χ0n) is 10.9. The van der Waals surface area contributed by atoms with Crippen LogP contribution in [0.15, 0.2) is 12.7 Å². The Bertz CT molecular complexity index is 317. The third-order valence-corrected chi connectivity index (χ3v) is 2.65. The molecule has 1 aliphatic heterocycles. The van der Waals surface area contributed by atoms with Crippen LogP contribution in [-0.2, 0) is 14.3 Å². The van der Waals surface area contributed by atoms with Crippen LogP contribution in [0.2, 0.25) is 0 Å². The minimum Gasteiger partial charge on any atom is -0.460 e. The fraction of sp³-hybridized carbons (Fsp3) is 0.692. The van der Waals surface area contributed by atoms with Crippen molar-refractivity contribution < 1.29 is 14.3 Å². The highest BCUT2D eigenvalue weighted by Gasteiger charge is 2.30. The van der Waals surface area contributed by atoms with Crippen molar-refractivity contribution in [1.29, 1.82) is 0 Å². The lowest BCUT2D eigenvalue weighted by atomic mass is 9.97. The maximum absolute atomic E-state index is 11.9. The fourth-order valence-corrected chi connectivity index (χ4v) is 1.88. The van der Waals surface area contributed by atoms with Crippen molar-refractivity contribution in [2.45, 2.75) is 39.2 Å². The van der Waals surface area contributed by atoms with Gasteiger partial charge in [0, 0.05) is 13.1 Å². The van der Waals surface area contributed by atoms with E-state index in [9.17, 15) is 9.59 Å². The molecule has 0 N–H and O–H groups in total. The second kappa shape index (κ2) is 5.34. The van der Waals surface area contributed by atoms with Crippen LogP contribution in [0.5, 0.6) is 0 Å². The van der Waals surface area contributed by atoms with E-state index in [0.29, 0.717) is 13.1 Å². The minimum absolute atomic E-state index is 0.113. The molecule has 4 heteroatoms. The zero-order valence-corrected chi connectivity index (χ0v) is 10.9. The molecule has 0 aliphatic carbocycles. The Morgan fingerprint density at radius 2 is 2.06 bits per heavy atom. The van der Waals surface area contributed by atoms with Gasteiger partial charge in [-0.3, -0.25) is 9.59 Å². The second-order valence-corrected chi connectivity index (χ2v) is 5.36. The predicted octanol–water partition coefficient (Wildman–Crippen LogP) is 1.75. The topological polar surface area (TPSA) is 46.6 Å². The van der Waals surface area contributed by atoms with E-state index in [0.717, 1.165) is 12.8 Å². The molecule has 0 radical (unpaired) electrons. The van der Waals surface area contributed by atoms with E-state index in [2.05, 4.69) is 6.58 Å². The summed E-state index contributed by atoms with van der Waals surface area (Å²) in [5.74, 6) is -0.524. The van der Waals surface area contributed by atoms with Gasteiger partial charge in [0.15, 0.2) is 0 Å². The first kappa shape index (κ1) is 13.7. The summed E-state index contributed by atoms with van der Waals surface area (Å²) in [5, 5.41) is 0. The number of piperidine rings is 1. The van der Waals surface area contributed by atoms with Crippen LogP contribution in [0.25, 0.3) is 0 Å². The van der Waals surface area contributed by atoms with Crippen LogP contribution in [0.4, 0.5) is 0 Å². The van der Waals surface area contributed by atoms with E-state index < -0.39 is 5.60 Å². The molecule has 1 heterocycles. The fourth-order valence-electron chi connectivity index (χ4n) is 1.88. The van der Waals surface area contributed by atoms with Crippen molar-refractivity contribution in [1.82, 2.24) is 4.90 Å². The minimum atomic E-state index is -0.470. The molecule has 1 unspecified atom stereocenters. The Labute approximate surface area is 103 Å². The molecule has 1 saturated heterocycles. The largest absolute Gasteiger partial charge is 0.460 e. The van der Waals surface area contributed by atoms with Crippen molar-refractivity contribution in [3.63, 3.8) is 0 Å². The summed E-state index contributed by atoms with van der Waals surface area (Å²) in [5.41, 5.74) is -0.470. The first-order valence-electron chi connectivity index (χ1n) is 5.97. The van der Waals surface area contributed by atoms with Gasteiger partial charge in [0.25, 0.3) is 0 Å². The molecule has 0 aromatic rings. The van der Waals surface area contributed by atoms with Crippen LogP contribution in [0.1, 0.15) is 33.6 Å². The molecule has 0 saturated carbocycles. The lowest BCUT2D eigenvalue weighted by Gasteiger charge is -2.32. The molecular formula is C13H21NO3. The summed E-state index contributed by atoms with van der Waals surface area (Å²) in [6.07, 6.45) is 2.91. The smallest absolute Gasteiger partial charge is 0.311 e. The maximum atomic E-state index is 11.9. The third-order valence-electron chi connectivity index (χ3n) is 2.65. The molecule has 0 aromatic heterocycles. The summed E-state index contributed by atoms with van der Waals surface area (Å²) in [7, 11) is 0. The number of ether oxygens (including phenoxy) is 1. The average Bonchev–Trinajstić information content (AvgIpc) is 2.26. The van der Waals surface area contributed by atoms with Gasteiger partial charge in [-0.1, -0.05) is 6.58 Å². The first-order valence-corrected chi connectivity index (χ1v) is 5.97. The van der Waals surface area contributed by atoms with Crippen LogP contribution in [-0.4, -0.2) is 35.5 Å². The average molecular weight is 239 g/mol. The van der Waals surface area contributed by atoms with Crippen LogP contribution < -0.4 is 0 Å². The Balaban J connectivity index is 2.57. The number of rotatable bonds is 2. The summed E-state index contributed by atoms with van der Waals surface area (Å²) in [6, 6.07) is 0. The van der Waals surface area contributed by atoms with Crippen molar-refractivity contribution in [3.8, 4) is 0 Å². The van der Waals surface area contributed by atoms with Gasteiger partial charge in [0.2, 0.25) is 5.91 Å². The Morgan fingerprint density at radius 1 is 1.41 bits per heavy atom. The summed E-state index contributed by atoms with van der Waals surface area (Å²) >= 11 is 0. The Hall–Kier alpha value is -1.32. The number of carbonyl (C=O) groups is 2. The Morgan fingerprint density at radius 3 is 2.59 bits per heavy atom. The number of nitrogens with zero attached hydrogens (tertiary/aromatic N) is 1. The highest BCUT2D eigenvalue weighted by molar-refractivity contribution is 5.87. The van der Waals surface area contributed by atoms with Crippen LogP contribution in [0.3, 0.4) is 0 Å². The van der Waals surface area contributed by atoms with Crippen LogP contribution >= 0.6 is 0 Å². The molecular weight excluding hydrogens is 218 g/mol. The zero-order chi connectivity index (χ0) is 13.1. The first-order chi connectivity index (χ1) is 7.83. The van der Waals surface area contributed by atoms with Gasteiger partial charge in [0.1, 0.15) is 5.60 Å². The van der Waals surface area contributed by atoms with Gasteiger partial charge in [-0.05, 0) is 39.7 Å². The maximum Gasteiger partial charge on any atom is 0.311 e. The molecule has 1 atom stereocenters. The van der Waals surface area contributed by atoms with Crippen molar-refractivity contribution in [3.05, 3.63) is 12.7 Å². The molecule has 17 heavy (non-hydrogen) atoms. The lowest BCUT2D eigenvalue weighted by Crippen LogP contribution is -2.43. The Kier molecular flexibility index (Phi) is 4.32. The highest BCUT2D eigenvalue weighted by Crippen LogP contribution is 2.20. The van der Waals surface area contributed by atoms with Gasteiger partial charge in [0.05, 0.1) is 5.92 Å². The molecule has 96 valence electrons. The van der Waals surface area contributed by atoms with Gasteiger partial charge in [-0.25, -0.2) is 0 Å². The summed E-state index contributed by atoms with van der Waals surface area (Å²) < 4.78 is 5.34. The standard InChI is InChI=1S/C13H21NO3/c1-5-11(15)14-8-6-7-10(9-14)12(16)17-13(2,3)4/h5,10H,1,6-9H2,2-4H3. The summed E-state index contributed by atoms with van der Waals surface area (Å²) in [4.78, 5) is 25.0. The number of likely N-dealkylation sites (tertiary alicyclic amines) is 1. The molecule has 1 rings (SSSR count). The summed E-state index contributed by atoms with van der Waals surface area (Å²) in [6.45, 7) is 10.1. The number of esters is 1. The quantitative estimate of drug-likeness (QED) is 0.545. The van der Waals surface area contributed by atoms with Gasteiger partial charge < -0.3 is 9.64 Å². The van der Waals surface area contributed by atoms with Gasteiger partial charge in [-0.15, -0.1) is 0 Å². The van der Waals surface area contributed by atoms with E-state index in [1.807, 2.05) is 20.8 Å². The normalized spacial score (nSPS) is 20.9. The van der Waals surface area contributed by atoms with E-state index in [-0.39, 0.29) is 17.8 Å². The van der Waals surface area contributed by atoms with Gasteiger partial charge in [-0.2, -0.15) is 0 Å². The van der Waals surface area contributed by atoms with E-state index in [4.69, 9.17) is 4.74 Å². The number of carbonyl (C=O) groups excluding carboxylic acids is 2. The van der Waals surface area contributed by atoms with Gasteiger partial charge >= 0.3 is 5.97 Å². The number of hydrogen-bond donors (Lipinski definition) is 0. The van der Waals surface area contributed by atoms with E-state index in [1.165, 1.54) is 6.08 Å². The number of amides is 1. The molecule has 4 nitrogen and oxygen atoms in total. The predicted molar refractivity (Wildman–Crippen MR) is 65.3 cm³/mol. The molecule has 0 spiro atoms. The van der Waals surface area contributed by atoms with Crippen molar-refractivity contribution in [2.75, 3.05) is 13.1 Å². The number of hydrogen-bond acceptors (Lipinski definition) is 3. The second-order valence-electron chi connectivity index (χ2n) is 5.36. The molecule has 1 fully saturated rings. The third kappa shape index (κ3) is 4.21.